The lowest BCUT2D eigenvalue weighted by Crippen LogP contribution is -2.31. The molecule has 3 unspecified atom stereocenters. The standard InChI is InChI=1S/C34H48O6P2/c1-5-7-17-27(6-2)25-29-23-24-32(42(38,39)40-30-20-12-9-13-21-30)33(34(29)41(35,36)37)31(22-15-14-16-26(3)4)28-18-10-8-11-19-28/h8-13,18-21,23-24,26-27,31H,5-7,14-17,22,25H2,1-4H3,(H,38,39)(H2,35,36,37). The summed E-state index contributed by atoms with van der Waals surface area (Å²) < 4.78 is 33.2. The number of unbranched alkanes of at least 4 members (excludes halogenated alkanes) is 2. The van der Waals surface area contributed by atoms with Gasteiger partial charge in [-0.25, -0.2) is 4.57 Å². The summed E-state index contributed by atoms with van der Waals surface area (Å²) in [4.78, 5) is 33.3. The highest BCUT2D eigenvalue weighted by Crippen LogP contribution is 2.48. The molecule has 3 N–H and O–H groups in total. The van der Waals surface area contributed by atoms with Crippen LogP contribution in [0.3, 0.4) is 0 Å². The number of rotatable bonds is 17. The monoisotopic (exact) mass is 614 g/mol. The van der Waals surface area contributed by atoms with Gasteiger partial charge in [-0.15, -0.1) is 0 Å². The topological polar surface area (TPSA) is 104 Å². The van der Waals surface area contributed by atoms with Crippen LogP contribution in [-0.2, 0) is 15.6 Å². The Hall–Kier alpha value is -2.20. The molecule has 8 heteroatoms. The second-order valence-electron chi connectivity index (χ2n) is 11.7. The van der Waals surface area contributed by atoms with Crippen LogP contribution < -0.4 is 15.1 Å². The van der Waals surface area contributed by atoms with E-state index in [0.29, 0.717) is 24.3 Å². The highest BCUT2D eigenvalue weighted by atomic mass is 31.2. The van der Waals surface area contributed by atoms with Crippen molar-refractivity contribution in [2.24, 2.45) is 11.8 Å². The lowest BCUT2D eigenvalue weighted by Gasteiger charge is -2.29. The van der Waals surface area contributed by atoms with Crippen LogP contribution in [0.5, 0.6) is 5.75 Å². The Labute approximate surface area is 252 Å². The molecule has 6 nitrogen and oxygen atoms in total. The maximum Gasteiger partial charge on any atom is 0.408 e. The summed E-state index contributed by atoms with van der Waals surface area (Å²) in [7, 11) is -9.43. The third kappa shape index (κ3) is 9.66. The fourth-order valence-corrected chi connectivity index (χ4v) is 8.29. The lowest BCUT2D eigenvalue weighted by atomic mass is 9.84. The van der Waals surface area contributed by atoms with Crippen molar-refractivity contribution in [2.75, 3.05) is 0 Å². The van der Waals surface area contributed by atoms with Crippen LogP contribution in [0.4, 0.5) is 0 Å². The van der Waals surface area contributed by atoms with Crippen LogP contribution in [0.25, 0.3) is 0 Å². The number of benzene rings is 3. The van der Waals surface area contributed by atoms with Gasteiger partial charge in [0.05, 0.1) is 10.6 Å². The zero-order valence-corrected chi connectivity index (χ0v) is 27.3. The first kappa shape index (κ1) is 34.3. The quantitative estimate of drug-likeness (QED) is 0.104. The molecule has 0 spiro atoms. The predicted molar refractivity (Wildman–Crippen MR) is 173 cm³/mol. The number of hydrogen-bond acceptors (Lipinski definition) is 3. The van der Waals surface area contributed by atoms with Gasteiger partial charge in [0.2, 0.25) is 0 Å². The molecule has 0 aliphatic heterocycles. The third-order valence-corrected chi connectivity index (χ3v) is 10.5. The molecule has 0 aromatic heterocycles. The van der Waals surface area contributed by atoms with Crippen molar-refractivity contribution in [3.63, 3.8) is 0 Å². The summed E-state index contributed by atoms with van der Waals surface area (Å²) in [5.41, 5.74) is 1.64. The molecule has 3 atom stereocenters. The molecule has 0 saturated carbocycles. The molecule has 0 bridgehead atoms. The molecule has 0 fully saturated rings. The van der Waals surface area contributed by atoms with Crippen molar-refractivity contribution in [3.8, 4) is 5.75 Å². The molecule has 0 saturated heterocycles. The Balaban J connectivity index is 2.28. The van der Waals surface area contributed by atoms with Crippen LogP contribution in [-0.4, -0.2) is 14.7 Å². The summed E-state index contributed by atoms with van der Waals surface area (Å²) in [5, 5.41) is -0.161. The normalized spacial score (nSPS) is 14.9. The van der Waals surface area contributed by atoms with Crippen LogP contribution in [0.15, 0.2) is 72.8 Å². The maximum absolute atomic E-state index is 14.1. The molecule has 230 valence electrons. The van der Waals surface area contributed by atoms with E-state index in [1.54, 1.807) is 42.5 Å². The summed E-state index contributed by atoms with van der Waals surface area (Å²) in [6.07, 6.45) is 7.79. The van der Waals surface area contributed by atoms with Crippen LogP contribution in [0.1, 0.15) is 102 Å². The first-order chi connectivity index (χ1) is 20.0. The van der Waals surface area contributed by atoms with Crippen molar-refractivity contribution < 1.29 is 28.3 Å². The summed E-state index contributed by atoms with van der Waals surface area (Å²) >= 11 is 0. The van der Waals surface area contributed by atoms with E-state index in [9.17, 15) is 23.8 Å². The molecule has 0 radical (unpaired) electrons. The maximum atomic E-state index is 14.1. The molecule has 0 aliphatic carbocycles. The Bertz CT molecular complexity index is 1340. The van der Waals surface area contributed by atoms with Crippen LogP contribution >= 0.6 is 15.2 Å². The number of hydrogen-bond donors (Lipinski definition) is 3. The van der Waals surface area contributed by atoms with Crippen molar-refractivity contribution in [2.45, 2.75) is 91.4 Å². The van der Waals surface area contributed by atoms with E-state index in [2.05, 4.69) is 27.7 Å². The van der Waals surface area contributed by atoms with Gasteiger partial charge in [0.1, 0.15) is 5.75 Å². The van der Waals surface area contributed by atoms with E-state index < -0.39 is 21.1 Å². The van der Waals surface area contributed by atoms with Crippen LogP contribution in [0, 0.1) is 11.8 Å². The Morgan fingerprint density at radius 2 is 1.38 bits per heavy atom. The molecule has 42 heavy (non-hydrogen) atoms. The zero-order valence-electron chi connectivity index (χ0n) is 25.5. The fraction of sp³-hybridized carbons (Fsp3) is 0.471. The largest absolute Gasteiger partial charge is 0.421 e. The highest BCUT2D eigenvalue weighted by molar-refractivity contribution is 7.63. The number of para-hydroxylation sites is 1. The van der Waals surface area contributed by atoms with Gasteiger partial charge in [0.15, 0.2) is 0 Å². The molecule has 0 aliphatic rings. The SMILES string of the molecule is CCCCC(CC)Cc1ccc(P(=O)(O)Oc2ccccc2)c(C(CCCCC(C)C)c2ccccc2)c1P(=O)(O)O. The Kier molecular flexibility index (Phi) is 13.1. The molecule has 3 aromatic rings. The first-order valence-electron chi connectivity index (χ1n) is 15.3. The van der Waals surface area contributed by atoms with E-state index in [4.69, 9.17) is 4.52 Å². The third-order valence-electron chi connectivity index (χ3n) is 7.97. The fourth-order valence-electron chi connectivity index (χ4n) is 5.73. The van der Waals surface area contributed by atoms with E-state index in [0.717, 1.165) is 50.5 Å². The average molecular weight is 615 g/mol. The minimum absolute atomic E-state index is 0.0484. The Morgan fingerprint density at radius 3 is 1.95 bits per heavy atom. The van der Waals surface area contributed by atoms with Gasteiger partial charge in [0.25, 0.3) is 0 Å². The second kappa shape index (κ2) is 16.0. The minimum atomic E-state index is -4.88. The molecular weight excluding hydrogens is 566 g/mol. The van der Waals surface area contributed by atoms with Gasteiger partial charge in [-0.05, 0) is 59.6 Å². The smallest absolute Gasteiger partial charge is 0.408 e. The van der Waals surface area contributed by atoms with Gasteiger partial charge >= 0.3 is 15.2 Å². The van der Waals surface area contributed by atoms with Crippen molar-refractivity contribution >= 4 is 25.8 Å². The minimum Gasteiger partial charge on any atom is -0.421 e. The lowest BCUT2D eigenvalue weighted by molar-refractivity contribution is 0.386. The molecule has 0 heterocycles. The van der Waals surface area contributed by atoms with Gasteiger partial charge in [-0.3, -0.25) is 4.57 Å². The van der Waals surface area contributed by atoms with Gasteiger partial charge in [0, 0.05) is 5.92 Å². The van der Waals surface area contributed by atoms with Crippen molar-refractivity contribution in [3.05, 3.63) is 89.5 Å². The second-order valence-corrected chi connectivity index (χ2v) is 15.0. The molecule has 0 amide bonds. The van der Waals surface area contributed by atoms with Crippen LogP contribution in [0.2, 0.25) is 0 Å². The van der Waals surface area contributed by atoms with E-state index in [1.807, 2.05) is 30.3 Å². The summed E-state index contributed by atoms with van der Waals surface area (Å²) in [6, 6.07) is 21.2. The zero-order chi connectivity index (χ0) is 30.8. The molecule has 3 rings (SSSR count). The van der Waals surface area contributed by atoms with E-state index in [-0.39, 0.29) is 27.8 Å². The Morgan fingerprint density at radius 1 is 0.762 bits per heavy atom. The van der Waals surface area contributed by atoms with Gasteiger partial charge in [-0.1, -0.05) is 127 Å². The highest BCUT2D eigenvalue weighted by Gasteiger charge is 2.38. The van der Waals surface area contributed by atoms with Gasteiger partial charge in [-0.2, -0.15) is 0 Å². The van der Waals surface area contributed by atoms with E-state index in [1.165, 1.54) is 0 Å². The van der Waals surface area contributed by atoms with Crippen molar-refractivity contribution in [1.82, 2.24) is 0 Å². The van der Waals surface area contributed by atoms with Crippen molar-refractivity contribution in [1.29, 1.82) is 0 Å². The first-order valence-corrected chi connectivity index (χ1v) is 18.5. The predicted octanol–water partition coefficient (Wildman–Crippen LogP) is 8.49. The average Bonchev–Trinajstić information content (AvgIpc) is 2.95. The molecular formula is C34H48O6P2. The summed E-state index contributed by atoms with van der Waals surface area (Å²) in [5.74, 6) is 0.508. The van der Waals surface area contributed by atoms with E-state index >= 15 is 0 Å². The van der Waals surface area contributed by atoms with Gasteiger partial charge < -0.3 is 19.2 Å². The molecule has 3 aromatic carbocycles. The summed E-state index contributed by atoms with van der Waals surface area (Å²) in [6.45, 7) is 8.58.